The monoisotopic (exact) mass is 245 g/mol. The van der Waals surface area contributed by atoms with Crippen molar-refractivity contribution >= 4 is 16.8 Å². The highest BCUT2D eigenvalue weighted by Gasteiger charge is 2.37. The largest absolute Gasteiger partial charge is 0.276 e. The maximum Gasteiger partial charge on any atom is 0.0983 e. The average molecular weight is 245 g/mol. The van der Waals surface area contributed by atoms with Gasteiger partial charge in [-0.05, 0) is 12.8 Å². The molecule has 1 nitrogen and oxygen atoms in total. The fourth-order valence-electron chi connectivity index (χ4n) is 2.85. The van der Waals surface area contributed by atoms with Crippen molar-refractivity contribution in [2.24, 2.45) is 4.99 Å². The van der Waals surface area contributed by atoms with Gasteiger partial charge in [0.1, 0.15) is 0 Å². The fourth-order valence-corrected chi connectivity index (χ4v) is 4.26. The van der Waals surface area contributed by atoms with Crippen LogP contribution in [-0.2, 0) is 0 Å². The van der Waals surface area contributed by atoms with Crippen LogP contribution in [0.5, 0.6) is 0 Å². The smallest absolute Gasteiger partial charge is 0.0983 e. The summed E-state index contributed by atoms with van der Waals surface area (Å²) in [5.74, 6) is 0. The Morgan fingerprint density at radius 3 is 2.35 bits per heavy atom. The summed E-state index contributed by atoms with van der Waals surface area (Å²) in [5.41, 5.74) is 1.30. The van der Waals surface area contributed by atoms with E-state index < -0.39 is 0 Å². The molecule has 1 saturated carbocycles. The lowest BCUT2D eigenvalue weighted by atomic mass is 9.99. The molecule has 0 bridgehead atoms. The van der Waals surface area contributed by atoms with Crippen LogP contribution < -0.4 is 0 Å². The quantitative estimate of drug-likeness (QED) is 0.719. The van der Waals surface area contributed by atoms with E-state index in [2.05, 4.69) is 42.1 Å². The van der Waals surface area contributed by atoms with E-state index in [0.29, 0.717) is 4.75 Å². The first kappa shape index (κ1) is 11.3. The molecule has 0 aromatic heterocycles. The number of benzene rings is 1. The Bertz CT molecular complexity index is 402. The van der Waals surface area contributed by atoms with Crippen LogP contribution in [0.15, 0.2) is 35.3 Å². The second kappa shape index (κ2) is 4.85. The van der Waals surface area contributed by atoms with Gasteiger partial charge in [-0.15, -0.1) is 0 Å². The Balaban J connectivity index is 1.75. The van der Waals surface area contributed by atoms with Crippen LogP contribution >= 0.6 is 11.8 Å². The highest BCUT2D eigenvalue weighted by molar-refractivity contribution is 8.15. The van der Waals surface area contributed by atoms with Crippen molar-refractivity contribution in [3.63, 3.8) is 0 Å². The van der Waals surface area contributed by atoms with E-state index in [9.17, 15) is 0 Å². The molecule has 17 heavy (non-hydrogen) atoms. The van der Waals surface area contributed by atoms with Crippen molar-refractivity contribution in [1.29, 1.82) is 0 Å². The van der Waals surface area contributed by atoms with E-state index >= 15 is 0 Å². The molecule has 1 spiro atoms. The van der Waals surface area contributed by atoms with Crippen LogP contribution in [-0.4, -0.2) is 16.3 Å². The lowest BCUT2D eigenvalue weighted by molar-refractivity contribution is 0.531. The maximum absolute atomic E-state index is 4.80. The molecule has 3 rings (SSSR count). The molecule has 2 aliphatic rings. The van der Waals surface area contributed by atoms with Gasteiger partial charge in [0.05, 0.1) is 11.6 Å². The molecular formula is C15H19NS. The molecule has 0 N–H and O–H groups in total. The SMILES string of the molecule is c1ccc(C2=NCC3(CCCCCC3)S2)cc1. The van der Waals surface area contributed by atoms with Gasteiger partial charge in [-0.3, -0.25) is 4.99 Å². The first-order chi connectivity index (χ1) is 8.38. The van der Waals surface area contributed by atoms with Gasteiger partial charge in [-0.25, -0.2) is 0 Å². The third kappa shape index (κ3) is 2.42. The first-order valence-corrected chi connectivity index (χ1v) is 7.49. The zero-order valence-electron chi connectivity index (χ0n) is 10.2. The summed E-state index contributed by atoms with van der Waals surface area (Å²) < 4.78 is 0.446. The van der Waals surface area contributed by atoms with Gasteiger partial charge in [-0.1, -0.05) is 67.8 Å². The Labute approximate surface area is 108 Å². The average Bonchev–Trinajstić information content (AvgIpc) is 2.65. The van der Waals surface area contributed by atoms with Crippen molar-refractivity contribution in [1.82, 2.24) is 0 Å². The van der Waals surface area contributed by atoms with Gasteiger partial charge >= 0.3 is 0 Å². The van der Waals surface area contributed by atoms with Crippen LogP contribution in [0.2, 0.25) is 0 Å². The molecule has 0 saturated heterocycles. The molecule has 2 heteroatoms. The number of hydrogen-bond donors (Lipinski definition) is 0. The summed E-state index contributed by atoms with van der Waals surface area (Å²) >= 11 is 2.05. The van der Waals surface area contributed by atoms with Crippen molar-refractivity contribution in [2.75, 3.05) is 6.54 Å². The molecule has 1 fully saturated rings. The predicted octanol–water partition coefficient (Wildman–Crippen LogP) is 4.27. The van der Waals surface area contributed by atoms with Crippen LogP contribution in [0.3, 0.4) is 0 Å². The highest BCUT2D eigenvalue weighted by atomic mass is 32.2. The van der Waals surface area contributed by atoms with Crippen LogP contribution in [0.25, 0.3) is 0 Å². The predicted molar refractivity (Wildman–Crippen MR) is 75.9 cm³/mol. The second-order valence-electron chi connectivity index (χ2n) is 5.19. The molecule has 90 valence electrons. The zero-order valence-corrected chi connectivity index (χ0v) is 11.0. The third-order valence-electron chi connectivity index (χ3n) is 3.86. The van der Waals surface area contributed by atoms with E-state index in [1.807, 2.05) is 0 Å². The minimum absolute atomic E-state index is 0.446. The Kier molecular flexibility index (Phi) is 3.24. The summed E-state index contributed by atoms with van der Waals surface area (Å²) in [6.45, 7) is 1.04. The topological polar surface area (TPSA) is 12.4 Å². The first-order valence-electron chi connectivity index (χ1n) is 6.67. The highest BCUT2D eigenvalue weighted by Crippen LogP contribution is 2.44. The lowest BCUT2D eigenvalue weighted by Gasteiger charge is -2.25. The maximum atomic E-state index is 4.80. The summed E-state index contributed by atoms with van der Waals surface area (Å²) in [4.78, 5) is 4.80. The fraction of sp³-hybridized carbons (Fsp3) is 0.533. The normalized spacial score (nSPS) is 23.4. The summed E-state index contributed by atoms with van der Waals surface area (Å²) in [7, 11) is 0. The molecule has 1 aliphatic carbocycles. The lowest BCUT2D eigenvalue weighted by Crippen LogP contribution is -2.24. The van der Waals surface area contributed by atoms with E-state index in [1.165, 1.54) is 49.1 Å². The van der Waals surface area contributed by atoms with Gasteiger partial charge in [0.2, 0.25) is 0 Å². The Morgan fingerprint density at radius 1 is 0.941 bits per heavy atom. The molecule has 1 aliphatic heterocycles. The Morgan fingerprint density at radius 2 is 1.65 bits per heavy atom. The number of rotatable bonds is 1. The van der Waals surface area contributed by atoms with Crippen molar-refractivity contribution in [2.45, 2.75) is 43.3 Å². The van der Waals surface area contributed by atoms with E-state index in [4.69, 9.17) is 4.99 Å². The van der Waals surface area contributed by atoms with Crippen LogP contribution in [0, 0.1) is 0 Å². The molecule has 1 heterocycles. The molecule has 1 aromatic rings. The number of thioether (sulfide) groups is 1. The molecule has 0 amide bonds. The van der Waals surface area contributed by atoms with Gasteiger partial charge in [0.25, 0.3) is 0 Å². The summed E-state index contributed by atoms with van der Waals surface area (Å²) in [5, 5.41) is 1.27. The zero-order chi connectivity index (χ0) is 11.6. The van der Waals surface area contributed by atoms with Gasteiger partial charge in [0, 0.05) is 10.3 Å². The van der Waals surface area contributed by atoms with Crippen LogP contribution in [0.4, 0.5) is 0 Å². The minimum atomic E-state index is 0.446. The molecule has 0 atom stereocenters. The number of nitrogens with zero attached hydrogens (tertiary/aromatic N) is 1. The molecular weight excluding hydrogens is 226 g/mol. The Hall–Kier alpha value is -0.760. The van der Waals surface area contributed by atoms with Crippen molar-refractivity contribution < 1.29 is 0 Å². The molecule has 1 aromatic carbocycles. The summed E-state index contributed by atoms with van der Waals surface area (Å²) in [6.07, 6.45) is 8.34. The van der Waals surface area contributed by atoms with Gasteiger partial charge < -0.3 is 0 Å². The number of aliphatic imine (C=N–C) groups is 1. The van der Waals surface area contributed by atoms with E-state index in [0.717, 1.165) is 6.54 Å². The standard InChI is InChI=1S/C15H19NS/c1-2-7-11-15(10-6-1)12-16-14(17-15)13-8-4-3-5-9-13/h3-5,8-9H,1-2,6-7,10-12H2. The van der Waals surface area contributed by atoms with E-state index in [1.54, 1.807) is 0 Å². The van der Waals surface area contributed by atoms with Crippen molar-refractivity contribution in [3.8, 4) is 0 Å². The van der Waals surface area contributed by atoms with Gasteiger partial charge in [0.15, 0.2) is 0 Å². The van der Waals surface area contributed by atoms with Crippen LogP contribution in [0.1, 0.15) is 44.1 Å². The number of hydrogen-bond acceptors (Lipinski definition) is 2. The third-order valence-corrected chi connectivity index (χ3v) is 5.39. The molecule has 0 radical (unpaired) electrons. The van der Waals surface area contributed by atoms with Crippen molar-refractivity contribution in [3.05, 3.63) is 35.9 Å². The molecule has 0 unspecified atom stereocenters. The minimum Gasteiger partial charge on any atom is -0.276 e. The summed E-state index contributed by atoms with van der Waals surface area (Å²) in [6, 6.07) is 10.7. The van der Waals surface area contributed by atoms with E-state index in [-0.39, 0.29) is 0 Å². The second-order valence-corrected chi connectivity index (χ2v) is 6.64. The van der Waals surface area contributed by atoms with Gasteiger partial charge in [-0.2, -0.15) is 0 Å².